The van der Waals surface area contributed by atoms with E-state index in [1.165, 1.54) is 7.11 Å². The lowest BCUT2D eigenvalue weighted by atomic mass is 9.87. The number of rotatable bonds is 5. The number of esters is 1. The molecule has 0 spiro atoms. The third-order valence-corrected chi connectivity index (χ3v) is 4.85. The summed E-state index contributed by atoms with van der Waals surface area (Å²) in [5.74, 6) is -1.65. The van der Waals surface area contributed by atoms with Gasteiger partial charge in [-0.25, -0.2) is 0 Å². The normalized spacial score (nSPS) is 18.4. The molecule has 0 bridgehead atoms. The highest BCUT2D eigenvalue weighted by atomic mass is 16.5. The quantitative estimate of drug-likeness (QED) is 0.647. The SMILES string of the molecule is COC(=O)CN1C(=O)C(O)(CC(=O)c2ccc(C)cc2C)c2ccccc21. The van der Waals surface area contributed by atoms with Crippen molar-refractivity contribution in [2.24, 2.45) is 0 Å². The number of carbonyl (C=O) groups excluding carboxylic acids is 3. The number of ether oxygens (including phenoxy) is 1. The van der Waals surface area contributed by atoms with Gasteiger partial charge in [0.2, 0.25) is 0 Å². The Morgan fingerprint density at radius 1 is 1.15 bits per heavy atom. The number of aliphatic hydroxyl groups is 1. The number of hydrogen-bond donors (Lipinski definition) is 1. The van der Waals surface area contributed by atoms with Crippen molar-refractivity contribution in [3.05, 3.63) is 64.7 Å². The molecule has 0 fully saturated rings. The maximum absolute atomic E-state index is 13.0. The molecule has 0 saturated heterocycles. The molecular weight excluding hydrogens is 346 g/mol. The van der Waals surface area contributed by atoms with Crippen molar-refractivity contribution in [3.8, 4) is 0 Å². The van der Waals surface area contributed by atoms with Crippen molar-refractivity contribution in [1.82, 2.24) is 0 Å². The van der Waals surface area contributed by atoms with E-state index in [-0.39, 0.29) is 12.3 Å². The monoisotopic (exact) mass is 367 g/mol. The Balaban J connectivity index is 1.97. The molecule has 2 aromatic rings. The van der Waals surface area contributed by atoms with Crippen LogP contribution in [0, 0.1) is 13.8 Å². The Morgan fingerprint density at radius 3 is 2.52 bits per heavy atom. The van der Waals surface area contributed by atoms with Crippen LogP contribution >= 0.6 is 0 Å². The van der Waals surface area contributed by atoms with Crippen LogP contribution in [0.25, 0.3) is 0 Å². The molecule has 6 heteroatoms. The number of benzene rings is 2. The summed E-state index contributed by atoms with van der Waals surface area (Å²) in [5.41, 5.74) is 0.980. The number of carbonyl (C=O) groups is 3. The summed E-state index contributed by atoms with van der Waals surface area (Å²) in [6, 6.07) is 12.0. The summed E-state index contributed by atoms with van der Waals surface area (Å²) in [7, 11) is 1.23. The topological polar surface area (TPSA) is 83.9 Å². The molecule has 0 aromatic heterocycles. The molecule has 6 nitrogen and oxygen atoms in total. The first-order chi connectivity index (χ1) is 12.8. The highest BCUT2D eigenvalue weighted by Gasteiger charge is 2.51. The molecule has 0 radical (unpaired) electrons. The van der Waals surface area contributed by atoms with Crippen LogP contribution in [-0.4, -0.2) is 36.4 Å². The molecule has 0 aliphatic carbocycles. The van der Waals surface area contributed by atoms with Gasteiger partial charge in [-0.05, 0) is 25.5 Å². The average Bonchev–Trinajstić information content (AvgIpc) is 2.83. The third kappa shape index (κ3) is 3.24. The molecular formula is C21H21NO5. The molecule has 1 unspecified atom stereocenters. The lowest BCUT2D eigenvalue weighted by molar-refractivity contribution is -0.142. The molecule has 3 rings (SSSR count). The first-order valence-electron chi connectivity index (χ1n) is 8.59. The lowest BCUT2D eigenvalue weighted by Gasteiger charge is -2.22. The molecule has 2 aromatic carbocycles. The number of hydrogen-bond acceptors (Lipinski definition) is 5. The van der Waals surface area contributed by atoms with Crippen LogP contribution in [0.1, 0.15) is 33.5 Å². The number of methoxy groups -OCH3 is 1. The first-order valence-corrected chi connectivity index (χ1v) is 8.59. The second kappa shape index (κ2) is 6.96. The molecule has 1 amide bonds. The number of aryl methyl sites for hydroxylation is 2. The van der Waals surface area contributed by atoms with Crippen molar-refractivity contribution in [2.75, 3.05) is 18.6 Å². The number of para-hydroxylation sites is 1. The van der Waals surface area contributed by atoms with Gasteiger partial charge in [0.05, 0.1) is 19.2 Å². The predicted molar refractivity (Wildman–Crippen MR) is 99.6 cm³/mol. The van der Waals surface area contributed by atoms with Crippen molar-refractivity contribution >= 4 is 23.3 Å². The van der Waals surface area contributed by atoms with E-state index in [0.717, 1.165) is 16.0 Å². The molecule has 1 heterocycles. The summed E-state index contributed by atoms with van der Waals surface area (Å²) < 4.78 is 4.64. The van der Waals surface area contributed by atoms with Gasteiger partial charge >= 0.3 is 5.97 Å². The minimum atomic E-state index is -2.01. The number of ketones is 1. The minimum absolute atomic E-state index is 0.317. The summed E-state index contributed by atoms with van der Waals surface area (Å²) in [6.45, 7) is 3.42. The number of amides is 1. The van der Waals surface area contributed by atoms with Crippen molar-refractivity contribution in [1.29, 1.82) is 0 Å². The van der Waals surface area contributed by atoms with E-state index in [9.17, 15) is 19.5 Å². The summed E-state index contributed by atoms with van der Waals surface area (Å²) in [6.07, 6.45) is -0.398. The van der Waals surface area contributed by atoms with E-state index in [1.54, 1.807) is 30.3 Å². The summed E-state index contributed by atoms with van der Waals surface area (Å²) >= 11 is 0. The molecule has 27 heavy (non-hydrogen) atoms. The van der Waals surface area contributed by atoms with Crippen molar-refractivity contribution in [3.63, 3.8) is 0 Å². The lowest BCUT2D eigenvalue weighted by Crippen LogP contribution is -2.43. The summed E-state index contributed by atoms with van der Waals surface area (Å²) in [5, 5.41) is 11.2. The average molecular weight is 367 g/mol. The Bertz CT molecular complexity index is 936. The molecule has 1 aliphatic rings. The Hall–Kier alpha value is -2.99. The van der Waals surface area contributed by atoms with E-state index < -0.39 is 23.9 Å². The molecule has 0 saturated carbocycles. The largest absolute Gasteiger partial charge is 0.468 e. The zero-order valence-electron chi connectivity index (χ0n) is 15.5. The fourth-order valence-electron chi connectivity index (χ4n) is 3.48. The minimum Gasteiger partial charge on any atom is -0.468 e. The van der Waals surface area contributed by atoms with Gasteiger partial charge in [-0.3, -0.25) is 19.3 Å². The smallest absolute Gasteiger partial charge is 0.325 e. The van der Waals surface area contributed by atoms with Gasteiger partial charge in [-0.1, -0.05) is 42.0 Å². The van der Waals surface area contributed by atoms with Gasteiger partial charge in [0.1, 0.15) is 6.54 Å². The second-order valence-electron chi connectivity index (χ2n) is 6.76. The number of nitrogens with zero attached hydrogens (tertiary/aromatic N) is 1. The summed E-state index contributed by atoms with van der Waals surface area (Å²) in [4.78, 5) is 38.7. The van der Waals surface area contributed by atoms with Crippen LogP contribution < -0.4 is 4.90 Å². The Labute approximate surface area is 157 Å². The first kappa shape index (κ1) is 18.8. The van der Waals surface area contributed by atoms with Gasteiger partial charge in [0.15, 0.2) is 11.4 Å². The van der Waals surface area contributed by atoms with Gasteiger partial charge in [-0.2, -0.15) is 0 Å². The van der Waals surface area contributed by atoms with Crippen molar-refractivity contribution in [2.45, 2.75) is 25.9 Å². The number of Topliss-reactive ketones (excluding diaryl/α,β-unsaturated/α-hetero) is 1. The molecule has 140 valence electrons. The van der Waals surface area contributed by atoms with Gasteiger partial charge in [0.25, 0.3) is 5.91 Å². The van der Waals surface area contributed by atoms with Gasteiger partial charge in [-0.15, -0.1) is 0 Å². The number of fused-ring (bicyclic) bond motifs is 1. The molecule has 1 N–H and O–H groups in total. The standard InChI is InChI=1S/C21H21NO5/c1-13-8-9-15(14(2)10-13)18(23)11-21(26)16-6-4-5-7-17(16)22(20(21)25)12-19(24)27-3/h4-10,26H,11-12H2,1-3H3. The fraction of sp³-hybridized carbons (Fsp3) is 0.286. The van der Waals surface area contributed by atoms with Gasteiger partial charge < -0.3 is 9.84 Å². The zero-order valence-corrected chi connectivity index (χ0v) is 15.5. The number of anilines is 1. The van der Waals surface area contributed by atoms with Crippen LogP contribution in [0.3, 0.4) is 0 Å². The van der Waals surface area contributed by atoms with E-state index in [0.29, 0.717) is 16.8 Å². The van der Waals surface area contributed by atoms with Crippen LogP contribution in [0.15, 0.2) is 42.5 Å². The molecule has 1 atom stereocenters. The predicted octanol–water partition coefficient (Wildman–Crippen LogP) is 2.28. The van der Waals surface area contributed by atoms with E-state index >= 15 is 0 Å². The van der Waals surface area contributed by atoms with E-state index in [4.69, 9.17) is 0 Å². The third-order valence-electron chi connectivity index (χ3n) is 4.85. The Morgan fingerprint density at radius 2 is 1.85 bits per heavy atom. The zero-order chi connectivity index (χ0) is 19.8. The van der Waals surface area contributed by atoms with Crippen molar-refractivity contribution < 1.29 is 24.2 Å². The highest BCUT2D eigenvalue weighted by molar-refractivity contribution is 6.12. The van der Waals surface area contributed by atoms with E-state index in [2.05, 4.69) is 4.74 Å². The fourth-order valence-corrected chi connectivity index (χ4v) is 3.48. The molecule has 1 aliphatic heterocycles. The van der Waals surface area contributed by atoms with Crippen LogP contribution in [0.4, 0.5) is 5.69 Å². The highest BCUT2D eigenvalue weighted by Crippen LogP contribution is 2.42. The van der Waals surface area contributed by atoms with Crippen LogP contribution in [-0.2, 0) is 19.9 Å². The van der Waals surface area contributed by atoms with E-state index in [1.807, 2.05) is 26.0 Å². The maximum atomic E-state index is 13.0. The second-order valence-corrected chi connectivity index (χ2v) is 6.76. The van der Waals surface area contributed by atoms with Gasteiger partial charge in [0, 0.05) is 11.1 Å². The van der Waals surface area contributed by atoms with Crippen LogP contribution in [0.5, 0.6) is 0 Å². The van der Waals surface area contributed by atoms with Crippen LogP contribution in [0.2, 0.25) is 0 Å². The Kier molecular flexibility index (Phi) is 4.85. The maximum Gasteiger partial charge on any atom is 0.325 e.